The zero-order valence-electron chi connectivity index (χ0n) is 12.2. The third kappa shape index (κ3) is 3.06. The molecule has 3 atom stereocenters. The first-order valence-corrected chi connectivity index (χ1v) is 7.69. The molecule has 3 heteroatoms. The number of likely N-dealkylation sites (N-methyl/N-ethyl adjacent to an activating group) is 1. The molecule has 0 amide bonds. The molecule has 0 bridgehead atoms. The number of hydrogen-bond acceptors (Lipinski definition) is 3. The normalized spacial score (nSPS) is 37.3. The molecule has 18 heavy (non-hydrogen) atoms. The van der Waals surface area contributed by atoms with E-state index in [1.165, 1.54) is 38.5 Å². The third-order valence-corrected chi connectivity index (χ3v) is 5.24. The average Bonchev–Trinajstić information content (AvgIpc) is 2.85. The quantitative estimate of drug-likeness (QED) is 0.818. The Kier molecular flexibility index (Phi) is 5.05. The lowest BCUT2D eigenvalue weighted by Crippen LogP contribution is -2.52. The van der Waals surface area contributed by atoms with Crippen molar-refractivity contribution >= 4 is 0 Å². The molecule has 2 fully saturated rings. The van der Waals surface area contributed by atoms with Crippen molar-refractivity contribution in [1.29, 1.82) is 0 Å². The van der Waals surface area contributed by atoms with Gasteiger partial charge in [-0.05, 0) is 51.0 Å². The summed E-state index contributed by atoms with van der Waals surface area (Å²) in [6.07, 6.45) is 7.80. The summed E-state index contributed by atoms with van der Waals surface area (Å²) < 4.78 is 5.60. The predicted octanol–water partition coefficient (Wildman–Crippen LogP) is 2.25. The van der Waals surface area contributed by atoms with E-state index in [0.29, 0.717) is 5.92 Å². The molecule has 0 aromatic rings. The van der Waals surface area contributed by atoms with Crippen LogP contribution in [0, 0.1) is 11.8 Å². The Balaban J connectivity index is 1.90. The highest BCUT2D eigenvalue weighted by Gasteiger charge is 2.41. The summed E-state index contributed by atoms with van der Waals surface area (Å²) in [7, 11) is 2.28. The Hall–Kier alpha value is -0.120. The summed E-state index contributed by atoms with van der Waals surface area (Å²) in [6.45, 7) is 6.19. The van der Waals surface area contributed by atoms with Crippen LogP contribution in [0.5, 0.6) is 0 Å². The van der Waals surface area contributed by atoms with E-state index in [4.69, 9.17) is 10.5 Å². The maximum atomic E-state index is 6.12. The first-order chi connectivity index (χ1) is 8.70. The largest absolute Gasteiger partial charge is 0.381 e. The minimum absolute atomic E-state index is 0.276. The number of nitrogens with zero attached hydrogens (tertiary/aromatic N) is 1. The van der Waals surface area contributed by atoms with E-state index in [1.54, 1.807) is 0 Å². The second kappa shape index (κ2) is 6.36. The smallest absolute Gasteiger partial charge is 0.0506 e. The summed E-state index contributed by atoms with van der Waals surface area (Å²) >= 11 is 0. The van der Waals surface area contributed by atoms with E-state index >= 15 is 0 Å². The monoisotopic (exact) mass is 254 g/mol. The van der Waals surface area contributed by atoms with Crippen LogP contribution >= 0.6 is 0 Å². The minimum atomic E-state index is 0.276. The molecule has 0 aromatic heterocycles. The van der Waals surface area contributed by atoms with E-state index < -0.39 is 0 Å². The Morgan fingerprint density at radius 2 is 2.17 bits per heavy atom. The van der Waals surface area contributed by atoms with Crippen LogP contribution in [0.1, 0.15) is 45.4 Å². The molecule has 2 N–H and O–H groups in total. The highest BCUT2D eigenvalue weighted by molar-refractivity contribution is 4.98. The first kappa shape index (κ1) is 14.3. The van der Waals surface area contributed by atoms with Crippen LogP contribution in [0.2, 0.25) is 0 Å². The van der Waals surface area contributed by atoms with Crippen LogP contribution in [0.25, 0.3) is 0 Å². The van der Waals surface area contributed by atoms with E-state index in [2.05, 4.69) is 18.9 Å². The Morgan fingerprint density at radius 1 is 1.33 bits per heavy atom. The lowest BCUT2D eigenvalue weighted by Gasteiger charge is -2.41. The molecule has 106 valence electrons. The van der Waals surface area contributed by atoms with Gasteiger partial charge in [0.1, 0.15) is 0 Å². The Bertz CT molecular complexity index is 253. The lowest BCUT2D eigenvalue weighted by molar-refractivity contribution is 0.0207. The average molecular weight is 254 g/mol. The van der Waals surface area contributed by atoms with Gasteiger partial charge in [-0.25, -0.2) is 0 Å². The number of hydrogen-bond donors (Lipinski definition) is 1. The highest BCUT2D eigenvalue weighted by atomic mass is 16.5. The molecule has 2 aliphatic rings. The highest BCUT2D eigenvalue weighted by Crippen LogP contribution is 2.39. The maximum Gasteiger partial charge on any atom is 0.0506 e. The molecule has 1 saturated heterocycles. The van der Waals surface area contributed by atoms with Gasteiger partial charge >= 0.3 is 0 Å². The van der Waals surface area contributed by atoms with Gasteiger partial charge in [0.25, 0.3) is 0 Å². The summed E-state index contributed by atoms with van der Waals surface area (Å²) in [5.41, 5.74) is 6.39. The fraction of sp³-hybridized carbons (Fsp3) is 1.00. The predicted molar refractivity (Wildman–Crippen MR) is 75.6 cm³/mol. The summed E-state index contributed by atoms with van der Waals surface area (Å²) in [5, 5.41) is 0. The minimum Gasteiger partial charge on any atom is -0.381 e. The number of nitrogens with two attached hydrogens (primary N) is 1. The van der Waals surface area contributed by atoms with Gasteiger partial charge in [0.15, 0.2) is 0 Å². The van der Waals surface area contributed by atoms with E-state index in [1.807, 2.05) is 0 Å². The number of rotatable bonds is 5. The van der Waals surface area contributed by atoms with Crippen molar-refractivity contribution in [2.24, 2.45) is 17.6 Å². The van der Waals surface area contributed by atoms with Gasteiger partial charge in [-0.15, -0.1) is 0 Å². The van der Waals surface area contributed by atoms with Crippen molar-refractivity contribution in [2.75, 3.05) is 33.4 Å². The van der Waals surface area contributed by atoms with Crippen molar-refractivity contribution in [2.45, 2.75) is 51.0 Å². The van der Waals surface area contributed by atoms with Gasteiger partial charge in [0.05, 0.1) is 6.61 Å². The van der Waals surface area contributed by atoms with Gasteiger partial charge in [0.2, 0.25) is 0 Å². The molecule has 1 heterocycles. The molecule has 3 unspecified atom stereocenters. The summed E-state index contributed by atoms with van der Waals surface area (Å²) in [6, 6.07) is 0. The van der Waals surface area contributed by atoms with Gasteiger partial charge in [-0.3, -0.25) is 4.90 Å². The van der Waals surface area contributed by atoms with Crippen molar-refractivity contribution in [3.8, 4) is 0 Å². The molecule has 0 aromatic carbocycles. The molecule has 1 aliphatic carbocycles. The van der Waals surface area contributed by atoms with Gasteiger partial charge in [0, 0.05) is 25.2 Å². The van der Waals surface area contributed by atoms with Crippen molar-refractivity contribution in [1.82, 2.24) is 4.90 Å². The molecule has 3 nitrogen and oxygen atoms in total. The summed E-state index contributed by atoms with van der Waals surface area (Å²) in [5.74, 6) is 1.60. The van der Waals surface area contributed by atoms with Crippen LogP contribution in [-0.4, -0.2) is 43.8 Å². The standard InChI is InChI=1S/C15H30N2O/c1-3-13-6-7-15(9-13,12-16)17(2)10-14-5-4-8-18-11-14/h13-14H,3-12,16H2,1-2H3. The molecule has 0 spiro atoms. The zero-order chi connectivity index (χ0) is 13.0. The SMILES string of the molecule is CCC1CCC(CN)(N(C)CC2CCCOC2)C1. The Labute approximate surface area is 112 Å². The topological polar surface area (TPSA) is 38.5 Å². The van der Waals surface area contributed by atoms with Crippen LogP contribution in [0.15, 0.2) is 0 Å². The zero-order valence-corrected chi connectivity index (χ0v) is 12.2. The lowest BCUT2D eigenvalue weighted by atomic mass is 9.91. The second-order valence-electron chi connectivity index (χ2n) is 6.41. The Morgan fingerprint density at radius 3 is 2.72 bits per heavy atom. The van der Waals surface area contributed by atoms with Gasteiger partial charge < -0.3 is 10.5 Å². The van der Waals surface area contributed by atoms with Crippen LogP contribution in [0.4, 0.5) is 0 Å². The third-order valence-electron chi connectivity index (χ3n) is 5.24. The molecule has 0 radical (unpaired) electrons. The van der Waals surface area contributed by atoms with E-state index in [9.17, 15) is 0 Å². The van der Waals surface area contributed by atoms with Crippen molar-refractivity contribution < 1.29 is 4.74 Å². The molecule has 2 rings (SSSR count). The fourth-order valence-corrected chi connectivity index (χ4v) is 3.78. The van der Waals surface area contributed by atoms with Crippen LogP contribution in [-0.2, 0) is 4.74 Å². The van der Waals surface area contributed by atoms with Crippen molar-refractivity contribution in [3.63, 3.8) is 0 Å². The fourth-order valence-electron chi connectivity index (χ4n) is 3.78. The first-order valence-electron chi connectivity index (χ1n) is 7.69. The summed E-state index contributed by atoms with van der Waals surface area (Å²) in [4.78, 5) is 2.56. The molecular weight excluding hydrogens is 224 g/mol. The molecule has 1 saturated carbocycles. The maximum absolute atomic E-state index is 6.12. The van der Waals surface area contributed by atoms with Crippen molar-refractivity contribution in [3.05, 3.63) is 0 Å². The number of ether oxygens (including phenoxy) is 1. The van der Waals surface area contributed by atoms with Gasteiger partial charge in [-0.1, -0.05) is 13.3 Å². The van der Waals surface area contributed by atoms with E-state index in [0.717, 1.165) is 32.2 Å². The van der Waals surface area contributed by atoms with E-state index in [-0.39, 0.29) is 5.54 Å². The van der Waals surface area contributed by atoms with Crippen LogP contribution < -0.4 is 5.73 Å². The van der Waals surface area contributed by atoms with Crippen LogP contribution in [0.3, 0.4) is 0 Å². The molecular formula is C15H30N2O. The molecule has 1 aliphatic heterocycles. The van der Waals surface area contributed by atoms with Gasteiger partial charge in [-0.2, -0.15) is 0 Å². The second-order valence-corrected chi connectivity index (χ2v) is 6.41.